The summed E-state index contributed by atoms with van der Waals surface area (Å²) in [4.78, 5) is 12.3. The largest absolute Gasteiger partial charge is 0.394 e. The molecular weight excluding hydrogens is 414 g/mol. The molecular formula is C25H42ClNO4. The predicted octanol–water partition coefficient (Wildman–Crippen LogP) is 5.24. The predicted molar refractivity (Wildman–Crippen MR) is 128 cm³/mol. The van der Waals surface area contributed by atoms with Crippen molar-refractivity contribution >= 4 is 17.5 Å². The van der Waals surface area contributed by atoms with Gasteiger partial charge >= 0.3 is 0 Å². The van der Waals surface area contributed by atoms with E-state index < -0.39 is 30.8 Å². The maximum atomic E-state index is 12.3. The van der Waals surface area contributed by atoms with Crippen molar-refractivity contribution in [2.24, 2.45) is 0 Å². The van der Waals surface area contributed by atoms with E-state index in [9.17, 15) is 20.1 Å². The fraction of sp³-hybridized carbons (Fsp3) is 0.720. The molecule has 0 saturated carbocycles. The Morgan fingerprint density at radius 2 is 1.48 bits per heavy atom. The first-order valence-corrected chi connectivity index (χ1v) is 12.4. The second kappa shape index (κ2) is 17.4. The molecule has 178 valence electrons. The van der Waals surface area contributed by atoms with E-state index in [4.69, 9.17) is 11.6 Å². The number of unbranched alkanes of at least 4 members (excludes halogenated alkanes) is 11. The molecule has 31 heavy (non-hydrogen) atoms. The van der Waals surface area contributed by atoms with Crippen molar-refractivity contribution in [1.29, 1.82) is 0 Å². The molecule has 3 unspecified atom stereocenters. The van der Waals surface area contributed by atoms with Gasteiger partial charge in [-0.25, -0.2) is 0 Å². The molecule has 0 aliphatic heterocycles. The number of aliphatic hydroxyl groups excluding tert-OH is 3. The summed E-state index contributed by atoms with van der Waals surface area (Å²) in [7, 11) is 0. The van der Waals surface area contributed by atoms with Gasteiger partial charge in [-0.3, -0.25) is 4.79 Å². The second-order valence-electron chi connectivity index (χ2n) is 8.51. The van der Waals surface area contributed by atoms with Gasteiger partial charge in [0.2, 0.25) is 0 Å². The van der Waals surface area contributed by atoms with Gasteiger partial charge in [-0.05, 0) is 24.6 Å². The second-order valence-corrected chi connectivity index (χ2v) is 8.95. The number of carbonyl (C=O) groups is 1. The van der Waals surface area contributed by atoms with Crippen LogP contribution in [0, 0.1) is 0 Å². The third-order valence-corrected chi connectivity index (χ3v) is 6.00. The Morgan fingerprint density at radius 1 is 0.935 bits per heavy atom. The third kappa shape index (κ3) is 12.5. The van der Waals surface area contributed by atoms with Crippen LogP contribution in [0.5, 0.6) is 0 Å². The average molecular weight is 456 g/mol. The minimum atomic E-state index is -1.22. The zero-order chi connectivity index (χ0) is 22.9. The summed E-state index contributed by atoms with van der Waals surface area (Å²) in [6.45, 7) is 1.79. The fourth-order valence-electron chi connectivity index (χ4n) is 3.75. The Bertz CT molecular complexity index is 599. The fourth-order valence-corrected chi connectivity index (χ4v) is 3.94. The van der Waals surface area contributed by atoms with Crippen molar-refractivity contribution in [3.05, 3.63) is 34.9 Å². The number of hydrogen-bond donors (Lipinski definition) is 4. The summed E-state index contributed by atoms with van der Waals surface area (Å²) in [6, 6.07) is 5.50. The van der Waals surface area contributed by atoms with Crippen molar-refractivity contribution < 1.29 is 20.1 Å². The average Bonchev–Trinajstić information content (AvgIpc) is 2.77. The molecule has 0 aliphatic rings. The van der Waals surface area contributed by atoms with Crippen LogP contribution < -0.4 is 5.32 Å². The maximum absolute atomic E-state index is 12.3. The Labute approximate surface area is 193 Å². The normalized spacial score (nSPS) is 14.2. The monoisotopic (exact) mass is 455 g/mol. The van der Waals surface area contributed by atoms with Gasteiger partial charge in [-0.1, -0.05) is 102 Å². The van der Waals surface area contributed by atoms with Crippen LogP contribution in [0.3, 0.4) is 0 Å². The number of amides is 1. The molecule has 1 amide bonds. The summed E-state index contributed by atoms with van der Waals surface area (Å²) in [5.41, 5.74) is 0.341. The first-order valence-electron chi connectivity index (χ1n) is 12.0. The molecule has 0 heterocycles. The van der Waals surface area contributed by atoms with Gasteiger partial charge in [-0.15, -0.1) is 0 Å². The molecule has 1 aromatic carbocycles. The van der Waals surface area contributed by atoms with E-state index in [1.807, 2.05) is 0 Å². The molecule has 6 heteroatoms. The lowest BCUT2D eigenvalue weighted by molar-refractivity contribution is -0.0197. The van der Waals surface area contributed by atoms with Gasteiger partial charge in [0.15, 0.2) is 0 Å². The molecule has 0 spiro atoms. The van der Waals surface area contributed by atoms with Crippen LogP contribution >= 0.6 is 11.6 Å². The highest BCUT2D eigenvalue weighted by atomic mass is 35.5. The lowest BCUT2D eigenvalue weighted by atomic mass is 9.99. The van der Waals surface area contributed by atoms with E-state index >= 15 is 0 Å². The van der Waals surface area contributed by atoms with Crippen LogP contribution in [-0.4, -0.2) is 46.1 Å². The summed E-state index contributed by atoms with van der Waals surface area (Å²) >= 11 is 5.90. The number of halogens is 1. The van der Waals surface area contributed by atoms with Gasteiger partial charge in [0, 0.05) is 10.6 Å². The van der Waals surface area contributed by atoms with E-state index in [0.29, 0.717) is 17.0 Å². The summed E-state index contributed by atoms with van der Waals surface area (Å²) < 4.78 is 0. The van der Waals surface area contributed by atoms with Gasteiger partial charge < -0.3 is 20.6 Å². The topological polar surface area (TPSA) is 89.8 Å². The summed E-state index contributed by atoms with van der Waals surface area (Å²) in [5, 5.41) is 33.2. The molecule has 1 aromatic rings. The van der Waals surface area contributed by atoms with Gasteiger partial charge in [-0.2, -0.15) is 0 Å². The molecule has 4 N–H and O–H groups in total. The Hall–Kier alpha value is -1.14. The molecule has 5 nitrogen and oxygen atoms in total. The minimum absolute atomic E-state index is 0.341. The third-order valence-electron chi connectivity index (χ3n) is 5.76. The van der Waals surface area contributed by atoms with Crippen LogP contribution in [0.15, 0.2) is 24.3 Å². The number of nitrogens with one attached hydrogen (secondary N) is 1. The maximum Gasteiger partial charge on any atom is 0.251 e. The van der Waals surface area contributed by atoms with Crippen LogP contribution in [0.2, 0.25) is 5.02 Å². The standard InChI is InChI=1S/C25H42ClNO4/c1-2-3-4-5-6-7-8-9-10-11-12-13-17-23(29)24(30)22(19-28)27-25(31)20-15-14-16-21(26)18-20/h14-16,18,22-24,28-30H,2-13,17,19H2,1H3,(H,27,31). The minimum Gasteiger partial charge on any atom is -0.394 e. The van der Waals surface area contributed by atoms with Gasteiger partial charge in [0.1, 0.15) is 6.10 Å². The van der Waals surface area contributed by atoms with Crippen LogP contribution in [0.1, 0.15) is 101 Å². The van der Waals surface area contributed by atoms with Crippen LogP contribution in [-0.2, 0) is 0 Å². The molecule has 0 bridgehead atoms. The summed E-state index contributed by atoms with van der Waals surface area (Å²) in [5.74, 6) is -0.446. The number of carbonyl (C=O) groups excluding carboxylic acids is 1. The molecule has 0 radical (unpaired) electrons. The lowest BCUT2D eigenvalue weighted by Gasteiger charge is -2.26. The van der Waals surface area contributed by atoms with Crippen LogP contribution in [0.4, 0.5) is 0 Å². The zero-order valence-corrected chi connectivity index (χ0v) is 19.8. The van der Waals surface area contributed by atoms with E-state index in [1.165, 1.54) is 63.9 Å². The van der Waals surface area contributed by atoms with Crippen molar-refractivity contribution in [1.82, 2.24) is 5.32 Å². The number of rotatable bonds is 18. The number of benzene rings is 1. The molecule has 0 saturated heterocycles. The Morgan fingerprint density at radius 3 is 2.00 bits per heavy atom. The van der Waals surface area contributed by atoms with Crippen molar-refractivity contribution in [2.45, 2.75) is 109 Å². The van der Waals surface area contributed by atoms with Crippen molar-refractivity contribution in [3.63, 3.8) is 0 Å². The summed E-state index contributed by atoms with van der Waals surface area (Å²) in [6.07, 6.45) is 13.0. The zero-order valence-electron chi connectivity index (χ0n) is 19.1. The van der Waals surface area contributed by atoms with E-state index in [1.54, 1.807) is 18.2 Å². The van der Waals surface area contributed by atoms with E-state index in [0.717, 1.165) is 19.3 Å². The smallest absolute Gasteiger partial charge is 0.251 e. The molecule has 3 atom stereocenters. The highest BCUT2D eigenvalue weighted by Crippen LogP contribution is 2.15. The molecule has 0 fully saturated rings. The first-order chi connectivity index (χ1) is 15.0. The molecule has 1 rings (SSSR count). The van der Waals surface area contributed by atoms with Gasteiger partial charge in [0.25, 0.3) is 5.91 Å². The van der Waals surface area contributed by atoms with Gasteiger partial charge in [0.05, 0.1) is 18.8 Å². The lowest BCUT2D eigenvalue weighted by Crippen LogP contribution is -2.50. The van der Waals surface area contributed by atoms with Crippen molar-refractivity contribution in [2.75, 3.05) is 6.61 Å². The van der Waals surface area contributed by atoms with Crippen LogP contribution in [0.25, 0.3) is 0 Å². The molecule has 0 aliphatic carbocycles. The highest BCUT2D eigenvalue weighted by molar-refractivity contribution is 6.30. The number of hydrogen-bond acceptors (Lipinski definition) is 4. The first kappa shape index (κ1) is 27.9. The molecule has 0 aromatic heterocycles. The van der Waals surface area contributed by atoms with E-state index in [-0.39, 0.29) is 0 Å². The van der Waals surface area contributed by atoms with E-state index in [2.05, 4.69) is 12.2 Å². The number of aliphatic hydroxyl groups is 3. The Kier molecular flexibility index (Phi) is 15.7. The van der Waals surface area contributed by atoms with Crippen molar-refractivity contribution in [3.8, 4) is 0 Å². The Balaban J connectivity index is 2.16. The SMILES string of the molecule is CCCCCCCCCCCCCCC(O)C(O)C(CO)NC(=O)c1cccc(Cl)c1. The quantitative estimate of drug-likeness (QED) is 0.228. The highest BCUT2D eigenvalue weighted by Gasteiger charge is 2.27.